The van der Waals surface area contributed by atoms with Crippen LogP contribution in [0.4, 0.5) is 19.0 Å². The van der Waals surface area contributed by atoms with Crippen molar-refractivity contribution in [3.63, 3.8) is 0 Å². The first kappa shape index (κ1) is 13.3. The van der Waals surface area contributed by atoms with E-state index in [4.69, 9.17) is 0 Å². The Kier molecular flexibility index (Phi) is 3.69. The van der Waals surface area contributed by atoms with Gasteiger partial charge in [-0.1, -0.05) is 0 Å². The topological polar surface area (TPSA) is 29.0 Å². The quantitative estimate of drug-likeness (QED) is 0.855. The second kappa shape index (κ2) is 5.26. The Morgan fingerprint density at radius 1 is 1.11 bits per heavy atom. The molecule has 0 saturated carbocycles. The molecule has 0 aromatic carbocycles. The molecule has 2 rings (SSSR count). The molecule has 2 aromatic heterocycles. The molecule has 0 aliphatic heterocycles. The summed E-state index contributed by atoms with van der Waals surface area (Å²) >= 11 is 0. The number of nitrogens with zero attached hydrogens (tertiary/aromatic N) is 3. The number of halogens is 3. The Morgan fingerprint density at radius 3 is 2.42 bits per heavy atom. The van der Waals surface area contributed by atoms with Crippen molar-refractivity contribution < 1.29 is 13.2 Å². The molecule has 0 saturated heterocycles. The zero-order valence-electron chi connectivity index (χ0n) is 10.2. The second-order valence-corrected chi connectivity index (χ2v) is 4.11. The van der Waals surface area contributed by atoms with Crippen molar-refractivity contribution in [3.05, 3.63) is 54.0 Å². The Morgan fingerprint density at radius 2 is 1.79 bits per heavy atom. The Bertz CT molecular complexity index is 540. The summed E-state index contributed by atoms with van der Waals surface area (Å²) < 4.78 is 37.8. The Hall–Kier alpha value is -2.11. The summed E-state index contributed by atoms with van der Waals surface area (Å²) in [5.74, 6) is 0.284. The van der Waals surface area contributed by atoms with Crippen molar-refractivity contribution in [1.82, 2.24) is 9.97 Å². The molecule has 100 valence electrons. The number of anilines is 1. The number of aromatic nitrogens is 2. The molecule has 0 aliphatic carbocycles. The molecule has 0 atom stereocenters. The lowest BCUT2D eigenvalue weighted by molar-refractivity contribution is -0.137. The molecule has 0 fully saturated rings. The molecule has 0 bridgehead atoms. The van der Waals surface area contributed by atoms with E-state index in [1.165, 1.54) is 6.20 Å². The summed E-state index contributed by atoms with van der Waals surface area (Å²) in [4.78, 5) is 9.51. The minimum absolute atomic E-state index is 0.284. The Balaban J connectivity index is 2.18. The highest BCUT2D eigenvalue weighted by molar-refractivity contribution is 5.41. The molecule has 6 heteroatoms. The molecule has 0 radical (unpaired) electrons. The minimum Gasteiger partial charge on any atom is -0.355 e. The highest BCUT2D eigenvalue weighted by Gasteiger charge is 2.30. The van der Waals surface area contributed by atoms with Gasteiger partial charge in [0, 0.05) is 32.2 Å². The minimum atomic E-state index is -4.35. The average Bonchev–Trinajstić information content (AvgIpc) is 2.39. The lowest BCUT2D eigenvalue weighted by Crippen LogP contribution is -2.18. The van der Waals surface area contributed by atoms with Gasteiger partial charge in [0.25, 0.3) is 0 Å². The van der Waals surface area contributed by atoms with Crippen LogP contribution in [0.5, 0.6) is 0 Å². The lowest BCUT2D eigenvalue weighted by Gasteiger charge is -2.19. The SMILES string of the molecule is CN(Cc1ccncc1)c1cc(C(F)(F)F)ccn1. The molecule has 2 heterocycles. The van der Waals surface area contributed by atoms with Gasteiger partial charge >= 0.3 is 6.18 Å². The molecular weight excluding hydrogens is 255 g/mol. The fourth-order valence-electron chi connectivity index (χ4n) is 1.65. The van der Waals surface area contributed by atoms with E-state index in [9.17, 15) is 13.2 Å². The summed E-state index contributed by atoms with van der Waals surface area (Å²) in [5, 5.41) is 0. The number of pyridine rings is 2. The molecule has 0 amide bonds. The van der Waals surface area contributed by atoms with E-state index in [-0.39, 0.29) is 5.82 Å². The van der Waals surface area contributed by atoms with Crippen LogP contribution in [0.1, 0.15) is 11.1 Å². The van der Waals surface area contributed by atoms with Crippen molar-refractivity contribution in [2.45, 2.75) is 12.7 Å². The molecule has 19 heavy (non-hydrogen) atoms. The van der Waals surface area contributed by atoms with Gasteiger partial charge in [0.05, 0.1) is 5.56 Å². The van der Waals surface area contributed by atoms with Gasteiger partial charge in [-0.05, 0) is 29.8 Å². The summed E-state index contributed by atoms with van der Waals surface area (Å²) in [5.41, 5.74) is 0.260. The average molecular weight is 267 g/mol. The lowest BCUT2D eigenvalue weighted by atomic mass is 10.2. The van der Waals surface area contributed by atoms with Gasteiger partial charge in [-0.3, -0.25) is 4.98 Å². The maximum atomic E-state index is 12.6. The smallest absolute Gasteiger partial charge is 0.355 e. The fourth-order valence-corrected chi connectivity index (χ4v) is 1.65. The standard InChI is InChI=1S/C13H12F3N3/c1-19(9-10-2-5-17-6-3-10)12-8-11(4-7-18-12)13(14,15)16/h2-8H,9H2,1H3. The first-order valence-corrected chi connectivity index (χ1v) is 5.60. The zero-order chi connectivity index (χ0) is 13.9. The number of hydrogen-bond donors (Lipinski definition) is 0. The molecule has 0 unspecified atom stereocenters. The van der Waals surface area contributed by atoms with Crippen LogP contribution in [0, 0.1) is 0 Å². The molecule has 2 aromatic rings. The monoisotopic (exact) mass is 267 g/mol. The van der Waals surface area contributed by atoms with E-state index in [0.29, 0.717) is 6.54 Å². The number of hydrogen-bond acceptors (Lipinski definition) is 3. The highest BCUT2D eigenvalue weighted by Crippen LogP contribution is 2.30. The zero-order valence-corrected chi connectivity index (χ0v) is 10.2. The van der Waals surface area contributed by atoms with E-state index in [0.717, 1.165) is 17.7 Å². The molecular formula is C13H12F3N3. The van der Waals surface area contributed by atoms with Crippen LogP contribution < -0.4 is 4.90 Å². The van der Waals surface area contributed by atoms with Gasteiger partial charge in [-0.2, -0.15) is 13.2 Å². The van der Waals surface area contributed by atoms with E-state index >= 15 is 0 Å². The van der Waals surface area contributed by atoms with Gasteiger partial charge in [0.1, 0.15) is 5.82 Å². The van der Waals surface area contributed by atoms with Crippen LogP contribution in [0.2, 0.25) is 0 Å². The van der Waals surface area contributed by atoms with Crippen molar-refractivity contribution >= 4 is 5.82 Å². The third-order valence-electron chi connectivity index (χ3n) is 2.63. The predicted octanol–water partition coefficient (Wildman–Crippen LogP) is 3.13. The van der Waals surface area contributed by atoms with E-state index < -0.39 is 11.7 Å². The van der Waals surface area contributed by atoms with Crippen molar-refractivity contribution in [1.29, 1.82) is 0 Å². The maximum Gasteiger partial charge on any atom is 0.416 e. The highest BCUT2D eigenvalue weighted by atomic mass is 19.4. The third-order valence-corrected chi connectivity index (χ3v) is 2.63. The van der Waals surface area contributed by atoms with Crippen LogP contribution in [-0.2, 0) is 12.7 Å². The Labute approximate surface area is 108 Å². The van der Waals surface area contributed by atoms with Gasteiger partial charge in [-0.15, -0.1) is 0 Å². The fraction of sp³-hybridized carbons (Fsp3) is 0.231. The summed E-state index contributed by atoms with van der Waals surface area (Å²) in [6.45, 7) is 0.469. The van der Waals surface area contributed by atoms with Crippen molar-refractivity contribution in [2.24, 2.45) is 0 Å². The van der Waals surface area contributed by atoms with Crippen LogP contribution >= 0.6 is 0 Å². The van der Waals surface area contributed by atoms with Crippen LogP contribution in [0.15, 0.2) is 42.9 Å². The molecule has 0 aliphatic rings. The van der Waals surface area contributed by atoms with Gasteiger partial charge in [-0.25, -0.2) is 4.98 Å². The molecule has 0 spiro atoms. The van der Waals surface area contributed by atoms with Gasteiger partial charge in [0.2, 0.25) is 0 Å². The molecule has 0 N–H and O–H groups in total. The summed E-state index contributed by atoms with van der Waals surface area (Å²) in [6.07, 6.45) is 0.0991. The van der Waals surface area contributed by atoms with Gasteiger partial charge in [0.15, 0.2) is 0 Å². The van der Waals surface area contributed by atoms with Crippen molar-refractivity contribution in [2.75, 3.05) is 11.9 Å². The first-order chi connectivity index (χ1) is 8.97. The summed E-state index contributed by atoms with van der Waals surface area (Å²) in [7, 11) is 1.70. The van der Waals surface area contributed by atoms with Crippen molar-refractivity contribution in [3.8, 4) is 0 Å². The second-order valence-electron chi connectivity index (χ2n) is 4.11. The largest absolute Gasteiger partial charge is 0.416 e. The van der Waals surface area contributed by atoms with Crippen LogP contribution in [0.25, 0.3) is 0 Å². The number of rotatable bonds is 3. The van der Waals surface area contributed by atoms with E-state index in [2.05, 4.69) is 9.97 Å². The van der Waals surface area contributed by atoms with E-state index in [1.807, 2.05) is 12.1 Å². The number of alkyl halides is 3. The predicted molar refractivity (Wildman–Crippen MR) is 65.6 cm³/mol. The van der Waals surface area contributed by atoms with Crippen LogP contribution in [0.3, 0.4) is 0 Å². The van der Waals surface area contributed by atoms with Crippen LogP contribution in [-0.4, -0.2) is 17.0 Å². The van der Waals surface area contributed by atoms with E-state index in [1.54, 1.807) is 24.3 Å². The maximum absolute atomic E-state index is 12.6. The molecule has 3 nitrogen and oxygen atoms in total. The van der Waals surface area contributed by atoms with Gasteiger partial charge < -0.3 is 4.90 Å². The first-order valence-electron chi connectivity index (χ1n) is 5.60. The third kappa shape index (κ3) is 3.43. The summed E-state index contributed by atoms with van der Waals surface area (Å²) in [6, 6.07) is 5.62. The normalized spacial score (nSPS) is 11.4.